The lowest BCUT2D eigenvalue weighted by Gasteiger charge is -2.23. The molecule has 3 rings (SSSR count). The van der Waals surface area contributed by atoms with Gasteiger partial charge in [0.1, 0.15) is 11.9 Å². The van der Waals surface area contributed by atoms with E-state index >= 15 is 0 Å². The van der Waals surface area contributed by atoms with Crippen molar-refractivity contribution in [3.05, 3.63) is 64.2 Å². The second kappa shape index (κ2) is 9.21. The molecule has 166 valence electrons. The van der Waals surface area contributed by atoms with Crippen LogP contribution in [0.25, 0.3) is 10.9 Å². The number of aryl methyl sites for hydroxylation is 1. The van der Waals surface area contributed by atoms with E-state index in [0.717, 1.165) is 5.56 Å². The molecule has 9 nitrogen and oxygen atoms in total. The van der Waals surface area contributed by atoms with E-state index in [1.54, 1.807) is 31.2 Å². The summed E-state index contributed by atoms with van der Waals surface area (Å²) in [5.41, 5.74) is 1.87. The number of rotatable bonds is 8. The molecule has 0 saturated heterocycles. The van der Waals surface area contributed by atoms with E-state index in [4.69, 9.17) is 11.5 Å². The van der Waals surface area contributed by atoms with Gasteiger partial charge in [0, 0.05) is 12.2 Å². The van der Waals surface area contributed by atoms with Gasteiger partial charge in [-0.3, -0.25) is 9.59 Å². The van der Waals surface area contributed by atoms with Gasteiger partial charge in [-0.25, -0.2) is 13.4 Å². The molecule has 0 unspecified atom stereocenters. The number of aliphatic carboxylic acids is 1. The van der Waals surface area contributed by atoms with Crippen molar-refractivity contribution < 1.29 is 18.3 Å². The lowest BCUT2D eigenvalue weighted by atomic mass is 10.1. The van der Waals surface area contributed by atoms with Crippen LogP contribution in [0.1, 0.15) is 18.3 Å². The first kappa shape index (κ1) is 23.0. The molecule has 0 aliphatic carbocycles. The van der Waals surface area contributed by atoms with E-state index in [2.05, 4.69) is 20.6 Å². The Morgan fingerprint density at radius 3 is 2.59 bits per heavy atom. The van der Waals surface area contributed by atoms with Gasteiger partial charge >= 0.3 is 5.97 Å². The predicted molar refractivity (Wildman–Crippen MR) is 121 cm³/mol. The Morgan fingerprint density at radius 2 is 1.97 bits per heavy atom. The fourth-order valence-corrected chi connectivity index (χ4v) is 4.35. The number of anilines is 1. The number of sulfonamides is 1. The Hall–Kier alpha value is -3.68. The van der Waals surface area contributed by atoms with E-state index in [-0.39, 0.29) is 17.0 Å². The Kier molecular flexibility index (Phi) is 6.62. The van der Waals surface area contributed by atoms with Gasteiger partial charge in [-0.2, -0.15) is 4.72 Å². The highest BCUT2D eigenvalue weighted by atomic mass is 32.2. The Bertz CT molecular complexity index is 1360. The molecule has 0 radical (unpaired) electrons. The second-order valence-electron chi connectivity index (χ2n) is 7.24. The van der Waals surface area contributed by atoms with Crippen LogP contribution in [0.4, 0.5) is 5.69 Å². The van der Waals surface area contributed by atoms with Gasteiger partial charge in [0.25, 0.3) is 5.56 Å². The maximum atomic E-state index is 12.4. The molecule has 0 spiro atoms. The van der Waals surface area contributed by atoms with Crippen LogP contribution < -0.4 is 15.2 Å². The van der Waals surface area contributed by atoms with Crippen LogP contribution in [0, 0.1) is 19.3 Å². The number of nitrogens with zero attached hydrogens (tertiary/aromatic N) is 2. The summed E-state index contributed by atoms with van der Waals surface area (Å²) in [5, 5.41) is 9.39. The molecule has 0 fully saturated rings. The van der Waals surface area contributed by atoms with Crippen LogP contribution in [-0.2, 0) is 21.4 Å². The lowest BCUT2D eigenvalue weighted by molar-refractivity contribution is -0.138. The maximum Gasteiger partial charge on any atom is 0.321 e. The minimum Gasteiger partial charge on any atom is -0.480 e. The van der Waals surface area contributed by atoms with E-state index in [0.29, 0.717) is 29.0 Å². The van der Waals surface area contributed by atoms with E-state index < -0.39 is 22.0 Å². The molecule has 10 heteroatoms. The normalized spacial score (nSPS) is 12.3. The van der Waals surface area contributed by atoms with Gasteiger partial charge in [-0.1, -0.05) is 12.0 Å². The predicted octanol–water partition coefficient (Wildman–Crippen LogP) is 1.62. The zero-order chi connectivity index (χ0) is 23.5. The minimum absolute atomic E-state index is 0.0614. The molecule has 2 aromatic carbocycles. The van der Waals surface area contributed by atoms with Crippen LogP contribution in [0.5, 0.6) is 0 Å². The van der Waals surface area contributed by atoms with Gasteiger partial charge < -0.3 is 15.0 Å². The van der Waals surface area contributed by atoms with Gasteiger partial charge in [0.2, 0.25) is 10.0 Å². The summed E-state index contributed by atoms with van der Waals surface area (Å²) in [6.45, 7) is 3.59. The average Bonchev–Trinajstić information content (AvgIpc) is 2.73. The number of nitrogens with one attached hydrogen (secondary N) is 2. The third-order valence-corrected chi connectivity index (χ3v) is 6.31. The number of carbonyl (C=O) groups is 1. The standard InChI is InChI=1S/C22H22N4O5S/c1-4-11-26(13-16-5-10-20-19(12-16)21(27)24-15(3)23-20)17-6-8-18(9-7-17)32(30,31)25-14(2)22(28)29/h1,5-10,12,14,25H,11,13H2,2-3H3,(H,28,29)(H,23,24,27)/t14-/m0/s1. The van der Waals surface area contributed by atoms with Crippen molar-refractivity contribution in [3.63, 3.8) is 0 Å². The van der Waals surface area contributed by atoms with Crippen molar-refractivity contribution in [2.24, 2.45) is 0 Å². The van der Waals surface area contributed by atoms with Gasteiger partial charge in [0.05, 0.1) is 22.3 Å². The summed E-state index contributed by atoms with van der Waals surface area (Å²) in [5.74, 6) is 1.84. The van der Waals surface area contributed by atoms with Crippen molar-refractivity contribution >= 4 is 32.6 Å². The molecule has 0 saturated carbocycles. The van der Waals surface area contributed by atoms with Crippen molar-refractivity contribution in [1.29, 1.82) is 0 Å². The van der Waals surface area contributed by atoms with Crippen molar-refractivity contribution in [3.8, 4) is 12.3 Å². The molecule has 32 heavy (non-hydrogen) atoms. The number of H-pyrrole nitrogens is 1. The highest BCUT2D eigenvalue weighted by molar-refractivity contribution is 7.89. The monoisotopic (exact) mass is 454 g/mol. The third kappa shape index (κ3) is 5.14. The first-order valence-corrected chi connectivity index (χ1v) is 11.1. The Labute approximate surface area is 185 Å². The molecule has 3 aromatic rings. The largest absolute Gasteiger partial charge is 0.480 e. The maximum absolute atomic E-state index is 12.4. The number of aromatic amines is 1. The zero-order valence-corrected chi connectivity index (χ0v) is 18.3. The molecule has 1 atom stereocenters. The highest BCUT2D eigenvalue weighted by Gasteiger charge is 2.21. The second-order valence-corrected chi connectivity index (χ2v) is 8.95. The summed E-state index contributed by atoms with van der Waals surface area (Å²) in [6, 6.07) is 10.1. The van der Waals surface area contributed by atoms with Crippen LogP contribution in [0.3, 0.4) is 0 Å². The molecular formula is C22H22N4O5S. The topological polar surface area (TPSA) is 132 Å². The van der Waals surface area contributed by atoms with Crippen LogP contribution >= 0.6 is 0 Å². The number of fused-ring (bicyclic) bond motifs is 1. The lowest BCUT2D eigenvalue weighted by Crippen LogP contribution is -2.38. The van der Waals surface area contributed by atoms with Crippen LogP contribution in [0.2, 0.25) is 0 Å². The third-order valence-electron chi connectivity index (χ3n) is 4.76. The van der Waals surface area contributed by atoms with Gasteiger partial charge in [-0.05, 0) is 55.8 Å². The number of carboxylic acid groups (broad SMARTS) is 1. The smallest absolute Gasteiger partial charge is 0.321 e. The van der Waals surface area contributed by atoms with Gasteiger partial charge in [-0.15, -0.1) is 6.42 Å². The van der Waals surface area contributed by atoms with E-state index in [1.165, 1.54) is 19.1 Å². The fourth-order valence-electron chi connectivity index (χ4n) is 3.16. The summed E-state index contributed by atoms with van der Waals surface area (Å²) in [6.07, 6.45) is 5.52. The van der Waals surface area contributed by atoms with Crippen molar-refractivity contribution in [2.45, 2.75) is 31.3 Å². The summed E-state index contributed by atoms with van der Waals surface area (Å²) in [7, 11) is -3.99. The molecule has 0 aliphatic rings. The van der Waals surface area contributed by atoms with Crippen molar-refractivity contribution in [1.82, 2.24) is 14.7 Å². The molecule has 0 aliphatic heterocycles. The fraction of sp³-hybridized carbons (Fsp3) is 0.227. The van der Waals surface area contributed by atoms with Gasteiger partial charge in [0.15, 0.2) is 0 Å². The number of benzene rings is 2. The number of hydrogen-bond acceptors (Lipinski definition) is 6. The van der Waals surface area contributed by atoms with E-state index in [9.17, 15) is 18.0 Å². The molecular weight excluding hydrogens is 432 g/mol. The number of carboxylic acids is 1. The molecule has 3 N–H and O–H groups in total. The summed E-state index contributed by atoms with van der Waals surface area (Å²) >= 11 is 0. The van der Waals surface area contributed by atoms with E-state index in [1.807, 2.05) is 11.0 Å². The van der Waals surface area contributed by atoms with Crippen molar-refractivity contribution in [2.75, 3.05) is 11.4 Å². The number of hydrogen-bond donors (Lipinski definition) is 3. The molecule has 1 heterocycles. The first-order chi connectivity index (χ1) is 15.1. The summed E-state index contributed by atoms with van der Waals surface area (Å²) < 4.78 is 26.8. The van der Waals surface area contributed by atoms with Crippen LogP contribution in [0.15, 0.2) is 52.2 Å². The number of terminal acetylenes is 1. The highest BCUT2D eigenvalue weighted by Crippen LogP contribution is 2.21. The molecule has 1 aromatic heterocycles. The first-order valence-electron chi connectivity index (χ1n) is 9.64. The average molecular weight is 455 g/mol. The molecule has 0 bridgehead atoms. The zero-order valence-electron chi connectivity index (χ0n) is 17.5. The number of aromatic nitrogens is 2. The quantitative estimate of drug-likeness (QED) is 0.441. The molecule has 0 amide bonds. The Morgan fingerprint density at radius 1 is 1.28 bits per heavy atom. The Balaban J connectivity index is 1.86. The minimum atomic E-state index is -3.99. The summed E-state index contributed by atoms with van der Waals surface area (Å²) in [4.78, 5) is 32.0. The van der Waals surface area contributed by atoms with Crippen LogP contribution in [-0.4, -0.2) is 42.0 Å². The SMILES string of the molecule is C#CCN(Cc1ccc2nc(C)[nH]c(=O)c2c1)c1ccc(S(=O)(=O)N[C@@H](C)C(=O)O)cc1.